The van der Waals surface area contributed by atoms with Gasteiger partial charge in [-0.15, -0.1) is 0 Å². The minimum Gasteiger partial charge on any atom is -0.395 e. The second kappa shape index (κ2) is 7.56. The molecule has 0 saturated heterocycles. The number of aromatic nitrogens is 1. The number of anilines is 1. The molecule has 1 saturated carbocycles. The van der Waals surface area contributed by atoms with Crippen molar-refractivity contribution in [3.63, 3.8) is 0 Å². The monoisotopic (exact) mass is 295 g/mol. The molecule has 2 rings (SSSR count). The highest BCUT2D eigenvalue weighted by Gasteiger charge is 2.24. The maximum absolute atomic E-state index is 12.1. The topological polar surface area (TPSA) is 78.6 Å². The predicted molar refractivity (Wildman–Crippen MR) is 80.1 cm³/mol. The van der Waals surface area contributed by atoms with E-state index < -0.39 is 0 Å². The Balaban J connectivity index is 1.88. The van der Waals surface area contributed by atoms with Gasteiger partial charge >= 0.3 is 0 Å². The van der Waals surface area contributed by atoms with Crippen molar-refractivity contribution in [3.8, 4) is 0 Å². The van der Waals surface area contributed by atoms with E-state index in [1.165, 1.54) is 12.8 Å². The summed E-state index contributed by atoms with van der Waals surface area (Å²) >= 11 is 0. The number of rotatable bonds is 7. The number of aliphatic hydroxyl groups is 1. The van der Waals surface area contributed by atoms with E-state index in [9.17, 15) is 4.79 Å². The molecule has 0 aliphatic heterocycles. The maximum Gasteiger partial charge on any atom is 0.240 e. The van der Waals surface area contributed by atoms with Crippen LogP contribution in [0.2, 0.25) is 0 Å². The predicted octanol–water partition coefficient (Wildman–Crippen LogP) is 1.97. The van der Waals surface area contributed by atoms with Crippen LogP contribution in [0.5, 0.6) is 0 Å². The van der Waals surface area contributed by atoms with Gasteiger partial charge in [0.25, 0.3) is 0 Å². The molecule has 1 aliphatic carbocycles. The van der Waals surface area contributed by atoms with E-state index in [1.54, 1.807) is 6.07 Å². The van der Waals surface area contributed by atoms with Gasteiger partial charge in [0.1, 0.15) is 0 Å². The molecule has 118 valence electrons. The van der Waals surface area contributed by atoms with Crippen molar-refractivity contribution in [2.24, 2.45) is 0 Å². The van der Waals surface area contributed by atoms with E-state index in [1.807, 2.05) is 13.8 Å². The molecule has 1 heterocycles. The molecule has 0 atom stereocenters. The molecule has 1 aromatic rings. The van der Waals surface area contributed by atoms with Crippen LogP contribution in [0.25, 0.3) is 0 Å². The summed E-state index contributed by atoms with van der Waals surface area (Å²) in [6.45, 7) is 4.93. The van der Waals surface area contributed by atoms with Gasteiger partial charge in [0.15, 0.2) is 0 Å². The average Bonchev–Trinajstić information content (AvgIpc) is 3.09. The maximum atomic E-state index is 12.1. The minimum atomic E-state index is -0.123. The number of amides is 1. The second-order valence-corrected chi connectivity index (χ2v) is 5.95. The second-order valence-electron chi connectivity index (χ2n) is 5.95. The molecule has 6 nitrogen and oxygen atoms in total. The first kappa shape index (κ1) is 16.0. The Morgan fingerprint density at radius 3 is 2.81 bits per heavy atom. The van der Waals surface area contributed by atoms with Crippen LogP contribution >= 0.6 is 0 Å². The van der Waals surface area contributed by atoms with Crippen LogP contribution in [0.3, 0.4) is 0 Å². The molecular formula is C15H25N3O3. The zero-order valence-corrected chi connectivity index (χ0v) is 12.8. The summed E-state index contributed by atoms with van der Waals surface area (Å²) in [5, 5.41) is 15.8. The summed E-state index contributed by atoms with van der Waals surface area (Å²) in [4.78, 5) is 14.2. The van der Waals surface area contributed by atoms with E-state index >= 15 is 0 Å². The van der Waals surface area contributed by atoms with Crippen molar-refractivity contribution in [2.75, 3.05) is 25.0 Å². The smallest absolute Gasteiger partial charge is 0.240 e. The van der Waals surface area contributed by atoms with Crippen LogP contribution in [0.4, 0.5) is 5.88 Å². The molecule has 1 aromatic heterocycles. The van der Waals surface area contributed by atoms with Crippen molar-refractivity contribution in [1.29, 1.82) is 0 Å². The van der Waals surface area contributed by atoms with Crippen LogP contribution in [-0.4, -0.2) is 46.8 Å². The highest BCUT2D eigenvalue weighted by Crippen LogP contribution is 2.23. The molecule has 2 N–H and O–H groups in total. The van der Waals surface area contributed by atoms with E-state index in [0.717, 1.165) is 18.5 Å². The fraction of sp³-hybridized carbons (Fsp3) is 0.733. The molecule has 1 fully saturated rings. The van der Waals surface area contributed by atoms with Crippen molar-refractivity contribution < 1.29 is 14.4 Å². The number of hydrogen-bond donors (Lipinski definition) is 2. The molecule has 0 radical (unpaired) electrons. The van der Waals surface area contributed by atoms with Crippen molar-refractivity contribution in [2.45, 2.75) is 51.5 Å². The summed E-state index contributed by atoms with van der Waals surface area (Å²) in [5.74, 6) is 0.532. The Morgan fingerprint density at radius 1 is 1.52 bits per heavy atom. The van der Waals surface area contributed by atoms with E-state index in [4.69, 9.17) is 9.63 Å². The van der Waals surface area contributed by atoms with Crippen LogP contribution in [0.1, 0.15) is 51.1 Å². The fourth-order valence-electron chi connectivity index (χ4n) is 2.77. The van der Waals surface area contributed by atoms with Crippen LogP contribution in [-0.2, 0) is 4.79 Å². The quantitative estimate of drug-likeness (QED) is 0.804. The van der Waals surface area contributed by atoms with Gasteiger partial charge in [0.2, 0.25) is 11.8 Å². The van der Waals surface area contributed by atoms with Gasteiger partial charge in [-0.2, -0.15) is 0 Å². The lowest BCUT2D eigenvalue weighted by atomic mass is 10.1. The SMILES string of the molecule is CC(C)c1cc(NC(=O)CN(CCO)C2CCCC2)on1. The third kappa shape index (κ3) is 4.54. The van der Waals surface area contributed by atoms with Crippen molar-refractivity contribution in [1.82, 2.24) is 10.1 Å². The highest BCUT2D eigenvalue weighted by atomic mass is 16.5. The van der Waals surface area contributed by atoms with Gasteiger partial charge in [0, 0.05) is 18.7 Å². The average molecular weight is 295 g/mol. The number of nitrogens with zero attached hydrogens (tertiary/aromatic N) is 2. The van der Waals surface area contributed by atoms with E-state index in [0.29, 0.717) is 18.5 Å². The number of aliphatic hydroxyl groups excluding tert-OH is 1. The molecule has 1 aliphatic rings. The molecule has 6 heteroatoms. The molecule has 1 amide bonds. The normalized spacial score (nSPS) is 16.0. The summed E-state index contributed by atoms with van der Waals surface area (Å²) in [7, 11) is 0. The molecule has 0 aromatic carbocycles. The van der Waals surface area contributed by atoms with Crippen LogP contribution in [0.15, 0.2) is 10.6 Å². The molecule has 0 spiro atoms. The van der Waals surface area contributed by atoms with E-state index in [2.05, 4.69) is 15.4 Å². The number of carbonyl (C=O) groups excluding carboxylic acids is 1. The molecule has 0 bridgehead atoms. The minimum absolute atomic E-state index is 0.0730. The third-order valence-electron chi connectivity index (χ3n) is 3.96. The standard InChI is InChI=1S/C15H25N3O3/c1-11(2)13-9-15(21-17-13)16-14(20)10-18(7-8-19)12-5-3-4-6-12/h9,11-12,19H,3-8,10H2,1-2H3,(H,16,20). The third-order valence-corrected chi connectivity index (χ3v) is 3.96. The summed E-state index contributed by atoms with van der Waals surface area (Å²) in [6, 6.07) is 2.16. The lowest BCUT2D eigenvalue weighted by Gasteiger charge is -2.27. The molecule has 0 unspecified atom stereocenters. The Hall–Kier alpha value is -1.40. The first-order valence-electron chi connectivity index (χ1n) is 7.71. The van der Waals surface area contributed by atoms with Gasteiger partial charge in [-0.05, 0) is 18.8 Å². The van der Waals surface area contributed by atoms with E-state index in [-0.39, 0.29) is 25.0 Å². The number of hydrogen-bond acceptors (Lipinski definition) is 5. The van der Waals surface area contributed by atoms with Crippen molar-refractivity contribution in [3.05, 3.63) is 11.8 Å². The summed E-state index contributed by atoms with van der Waals surface area (Å²) in [6.07, 6.45) is 4.61. The largest absolute Gasteiger partial charge is 0.395 e. The fourth-order valence-corrected chi connectivity index (χ4v) is 2.77. The zero-order valence-electron chi connectivity index (χ0n) is 12.8. The Bertz CT molecular complexity index is 453. The van der Waals surface area contributed by atoms with Gasteiger partial charge in [-0.25, -0.2) is 0 Å². The first-order chi connectivity index (χ1) is 10.1. The molecular weight excluding hydrogens is 270 g/mol. The zero-order chi connectivity index (χ0) is 15.2. The van der Waals surface area contributed by atoms with Crippen molar-refractivity contribution >= 4 is 11.8 Å². The lowest BCUT2D eigenvalue weighted by Crippen LogP contribution is -2.41. The number of carbonyl (C=O) groups is 1. The highest BCUT2D eigenvalue weighted by molar-refractivity contribution is 5.91. The van der Waals surface area contributed by atoms with Gasteiger partial charge in [-0.1, -0.05) is 31.8 Å². The summed E-state index contributed by atoms with van der Waals surface area (Å²) < 4.78 is 5.11. The first-order valence-corrected chi connectivity index (χ1v) is 7.71. The molecule has 21 heavy (non-hydrogen) atoms. The van der Waals surface area contributed by atoms with Crippen LogP contribution < -0.4 is 5.32 Å². The Labute approximate surface area is 125 Å². The van der Waals surface area contributed by atoms with Crippen LogP contribution in [0, 0.1) is 0 Å². The summed E-state index contributed by atoms with van der Waals surface area (Å²) in [5.41, 5.74) is 0.827. The lowest BCUT2D eigenvalue weighted by molar-refractivity contribution is -0.118. The van der Waals surface area contributed by atoms with Gasteiger partial charge in [-0.3, -0.25) is 15.0 Å². The Kier molecular flexibility index (Phi) is 5.76. The number of nitrogens with one attached hydrogen (secondary N) is 1. The van der Waals surface area contributed by atoms with Gasteiger partial charge < -0.3 is 9.63 Å². The Morgan fingerprint density at radius 2 is 2.24 bits per heavy atom. The van der Waals surface area contributed by atoms with Gasteiger partial charge in [0.05, 0.1) is 18.8 Å².